The number of benzene rings is 1. The first-order valence-electron chi connectivity index (χ1n) is 9.31. The van der Waals surface area contributed by atoms with Crippen molar-refractivity contribution in [2.45, 2.75) is 25.7 Å². The summed E-state index contributed by atoms with van der Waals surface area (Å²) in [6, 6.07) is 5.68. The molecule has 0 unspecified atom stereocenters. The van der Waals surface area contributed by atoms with Crippen LogP contribution in [0, 0.1) is 11.3 Å². The van der Waals surface area contributed by atoms with E-state index in [4.69, 9.17) is 15.2 Å². The third-order valence-electron chi connectivity index (χ3n) is 6.21. The first kappa shape index (κ1) is 17.3. The normalized spacial score (nSPS) is 19.6. The predicted octanol–water partition coefficient (Wildman–Crippen LogP) is 3.50. The Morgan fingerprint density at radius 3 is 2.65 bits per heavy atom. The number of pyridine rings is 1. The molecule has 1 saturated heterocycles. The standard InChI is InChI=1S/C20H26FN3O2/c1-25-18-11-16-15(10-19(18)26-13-21)17(2-7-23-16)24-8-3-14(4-9-24)20(12-22)5-6-20/h2,7,10-11,14H,3-6,8-9,12-13,22H2,1H3. The molecule has 6 heteroatoms. The van der Waals surface area contributed by atoms with E-state index in [0.29, 0.717) is 16.9 Å². The van der Waals surface area contributed by atoms with Gasteiger partial charge in [0.15, 0.2) is 11.5 Å². The molecule has 0 spiro atoms. The van der Waals surface area contributed by atoms with Gasteiger partial charge in [-0.25, -0.2) is 4.39 Å². The minimum atomic E-state index is -0.885. The van der Waals surface area contributed by atoms with Crippen molar-refractivity contribution >= 4 is 16.6 Å². The van der Waals surface area contributed by atoms with Crippen molar-refractivity contribution in [3.63, 3.8) is 0 Å². The van der Waals surface area contributed by atoms with Crippen molar-refractivity contribution in [1.82, 2.24) is 4.98 Å². The van der Waals surface area contributed by atoms with Gasteiger partial charge in [0.2, 0.25) is 6.86 Å². The predicted molar refractivity (Wildman–Crippen MR) is 101 cm³/mol. The summed E-state index contributed by atoms with van der Waals surface area (Å²) in [5.74, 6) is 1.64. The highest BCUT2D eigenvalue weighted by Crippen LogP contribution is 2.54. The Morgan fingerprint density at radius 1 is 1.27 bits per heavy atom. The third-order valence-corrected chi connectivity index (χ3v) is 6.21. The third kappa shape index (κ3) is 2.96. The number of hydrogen-bond acceptors (Lipinski definition) is 5. The number of methoxy groups -OCH3 is 1. The molecule has 0 radical (unpaired) electrons. The monoisotopic (exact) mass is 359 g/mol. The van der Waals surface area contributed by atoms with E-state index in [1.54, 1.807) is 7.11 Å². The number of hydrogen-bond donors (Lipinski definition) is 1. The van der Waals surface area contributed by atoms with Gasteiger partial charge in [-0.2, -0.15) is 0 Å². The van der Waals surface area contributed by atoms with Crippen molar-refractivity contribution in [2.75, 3.05) is 38.5 Å². The number of ether oxygens (including phenoxy) is 2. The van der Waals surface area contributed by atoms with Crippen LogP contribution in [-0.2, 0) is 0 Å². The quantitative estimate of drug-likeness (QED) is 0.855. The zero-order valence-electron chi connectivity index (χ0n) is 15.2. The number of anilines is 1. The average molecular weight is 359 g/mol. The Bertz CT molecular complexity index is 786. The molecule has 2 heterocycles. The Hall–Kier alpha value is -2.08. The van der Waals surface area contributed by atoms with Crippen LogP contribution >= 0.6 is 0 Å². The number of nitrogens with zero attached hydrogens (tertiary/aromatic N) is 2. The second-order valence-corrected chi connectivity index (χ2v) is 7.43. The maximum Gasteiger partial charge on any atom is 0.228 e. The van der Waals surface area contributed by atoms with Crippen molar-refractivity contribution in [1.29, 1.82) is 0 Å². The summed E-state index contributed by atoms with van der Waals surface area (Å²) in [7, 11) is 1.55. The van der Waals surface area contributed by atoms with E-state index in [9.17, 15) is 4.39 Å². The molecule has 26 heavy (non-hydrogen) atoms. The lowest BCUT2D eigenvalue weighted by atomic mass is 9.81. The van der Waals surface area contributed by atoms with Gasteiger partial charge in [0.25, 0.3) is 0 Å². The number of alkyl halides is 1. The molecule has 140 valence electrons. The molecule has 1 aromatic heterocycles. The number of fused-ring (bicyclic) bond motifs is 1. The maximum absolute atomic E-state index is 12.7. The van der Waals surface area contributed by atoms with Crippen LogP contribution in [0.2, 0.25) is 0 Å². The molecule has 1 aliphatic carbocycles. The second kappa shape index (κ2) is 6.91. The lowest BCUT2D eigenvalue weighted by Crippen LogP contribution is -2.38. The Morgan fingerprint density at radius 2 is 2.04 bits per heavy atom. The van der Waals surface area contributed by atoms with Crippen LogP contribution in [0.15, 0.2) is 24.4 Å². The lowest BCUT2D eigenvalue weighted by Gasteiger charge is -2.37. The van der Waals surface area contributed by atoms with Gasteiger partial charge in [0.05, 0.1) is 12.6 Å². The summed E-state index contributed by atoms with van der Waals surface area (Å²) in [4.78, 5) is 6.85. The number of rotatable bonds is 6. The lowest BCUT2D eigenvalue weighted by molar-refractivity contribution is 0.185. The van der Waals surface area contributed by atoms with Gasteiger partial charge in [0, 0.05) is 36.4 Å². The Labute approximate surface area is 153 Å². The SMILES string of the molecule is COc1cc2nccc(N3CCC(C4(CN)CC4)CC3)c2cc1OCF. The minimum Gasteiger partial charge on any atom is -0.493 e. The van der Waals surface area contributed by atoms with Crippen LogP contribution < -0.4 is 20.1 Å². The van der Waals surface area contributed by atoms with Crippen LogP contribution in [-0.4, -0.2) is 38.6 Å². The molecule has 1 aliphatic heterocycles. The van der Waals surface area contributed by atoms with E-state index >= 15 is 0 Å². The van der Waals surface area contributed by atoms with E-state index in [-0.39, 0.29) is 0 Å². The van der Waals surface area contributed by atoms with Crippen molar-refractivity contribution < 1.29 is 13.9 Å². The van der Waals surface area contributed by atoms with Gasteiger partial charge in [-0.15, -0.1) is 0 Å². The molecule has 2 aromatic rings. The van der Waals surface area contributed by atoms with Crippen LogP contribution in [0.1, 0.15) is 25.7 Å². The van der Waals surface area contributed by atoms with Gasteiger partial charge in [-0.3, -0.25) is 4.98 Å². The van der Waals surface area contributed by atoms with Gasteiger partial charge in [0.1, 0.15) is 0 Å². The Kier molecular flexibility index (Phi) is 4.61. The molecule has 2 N–H and O–H groups in total. The molecule has 2 aliphatic rings. The number of nitrogens with two attached hydrogens (primary N) is 1. The molecular weight excluding hydrogens is 333 g/mol. The molecule has 0 bridgehead atoms. The first-order valence-corrected chi connectivity index (χ1v) is 9.31. The summed E-state index contributed by atoms with van der Waals surface area (Å²) in [5.41, 5.74) is 8.38. The number of piperidine rings is 1. The highest BCUT2D eigenvalue weighted by atomic mass is 19.1. The van der Waals surface area contributed by atoms with Crippen LogP contribution in [0.25, 0.3) is 10.9 Å². The van der Waals surface area contributed by atoms with Crippen LogP contribution in [0.5, 0.6) is 11.5 Å². The first-order chi connectivity index (χ1) is 12.7. The van der Waals surface area contributed by atoms with Crippen molar-refractivity contribution in [2.24, 2.45) is 17.1 Å². The van der Waals surface area contributed by atoms with Gasteiger partial charge >= 0.3 is 0 Å². The van der Waals surface area contributed by atoms with E-state index in [0.717, 1.165) is 42.1 Å². The van der Waals surface area contributed by atoms with Crippen LogP contribution in [0.3, 0.4) is 0 Å². The number of halogens is 1. The molecule has 1 aromatic carbocycles. The largest absolute Gasteiger partial charge is 0.493 e. The maximum atomic E-state index is 12.7. The van der Waals surface area contributed by atoms with Crippen molar-refractivity contribution in [3.8, 4) is 11.5 Å². The van der Waals surface area contributed by atoms with E-state index < -0.39 is 6.86 Å². The minimum absolute atomic E-state index is 0.409. The molecule has 2 fully saturated rings. The van der Waals surface area contributed by atoms with Gasteiger partial charge < -0.3 is 20.1 Å². The van der Waals surface area contributed by atoms with Gasteiger partial charge in [-0.05, 0) is 55.7 Å². The fourth-order valence-electron chi connectivity index (χ4n) is 4.42. The Balaban J connectivity index is 1.61. The zero-order valence-corrected chi connectivity index (χ0v) is 15.2. The highest BCUT2D eigenvalue weighted by Gasteiger charge is 2.48. The average Bonchev–Trinajstić information content (AvgIpc) is 3.49. The summed E-state index contributed by atoms with van der Waals surface area (Å²) < 4.78 is 23.1. The molecule has 0 atom stereocenters. The van der Waals surface area contributed by atoms with E-state index in [1.165, 1.54) is 25.7 Å². The van der Waals surface area contributed by atoms with Crippen molar-refractivity contribution in [3.05, 3.63) is 24.4 Å². The molecule has 1 saturated carbocycles. The fourth-order valence-corrected chi connectivity index (χ4v) is 4.42. The molecular formula is C20H26FN3O2. The highest BCUT2D eigenvalue weighted by molar-refractivity contribution is 5.94. The molecule has 5 nitrogen and oxygen atoms in total. The van der Waals surface area contributed by atoms with Gasteiger partial charge in [-0.1, -0.05) is 0 Å². The molecule has 4 rings (SSSR count). The molecule has 0 amide bonds. The summed E-state index contributed by atoms with van der Waals surface area (Å²) >= 11 is 0. The summed E-state index contributed by atoms with van der Waals surface area (Å²) in [5, 5.41) is 0.968. The summed E-state index contributed by atoms with van der Waals surface area (Å²) in [6.07, 6.45) is 6.74. The smallest absolute Gasteiger partial charge is 0.228 e. The topological polar surface area (TPSA) is 60.6 Å². The van der Waals surface area contributed by atoms with Crippen LogP contribution in [0.4, 0.5) is 10.1 Å². The fraction of sp³-hybridized carbons (Fsp3) is 0.550. The number of aromatic nitrogens is 1. The summed E-state index contributed by atoms with van der Waals surface area (Å²) in [6.45, 7) is 1.96. The van der Waals surface area contributed by atoms with E-state index in [2.05, 4.69) is 9.88 Å². The second-order valence-electron chi connectivity index (χ2n) is 7.43. The van der Waals surface area contributed by atoms with E-state index in [1.807, 2.05) is 24.4 Å². The zero-order chi connectivity index (χ0) is 18.1.